The third-order valence-electron chi connectivity index (χ3n) is 5.17. The van der Waals surface area contributed by atoms with Crippen LogP contribution in [-0.2, 0) is 38.1 Å². The van der Waals surface area contributed by atoms with E-state index in [0.717, 1.165) is 0 Å². The van der Waals surface area contributed by atoms with Gasteiger partial charge in [0.1, 0.15) is 24.4 Å². The second-order valence-corrected chi connectivity index (χ2v) is 8.38. The lowest BCUT2D eigenvalue weighted by atomic mass is 9.94. The first-order chi connectivity index (χ1) is 15.4. The lowest BCUT2D eigenvalue weighted by Crippen LogP contribution is -2.55. The van der Waals surface area contributed by atoms with Crippen molar-refractivity contribution in [2.75, 3.05) is 20.2 Å². The first kappa shape index (κ1) is 26.7. The molecule has 2 aliphatic rings. The van der Waals surface area contributed by atoms with Crippen LogP contribution in [0.15, 0.2) is 12.2 Å². The highest BCUT2D eigenvalue weighted by molar-refractivity contribution is 5.92. The van der Waals surface area contributed by atoms with Crippen LogP contribution in [0.5, 0.6) is 0 Å². The molecule has 33 heavy (non-hydrogen) atoms. The van der Waals surface area contributed by atoms with E-state index < -0.39 is 53.8 Å². The average molecular weight is 472 g/mol. The van der Waals surface area contributed by atoms with Gasteiger partial charge in [0.2, 0.25) is 17.7 Å². The van der Waals surface area contributed by atoms with Crippen LogP contribution in [0.3, 0.4) is 0 Å². The zero-order valence-electron chi connectivity index (χ0n) is 19.5. The molecule has 3 amide bonds. The predicted octanol–water partition coefficient (Wildman–Crippen LogP) is -1.49. The molecule has 2 saturated heterocycles. The molecule has 0 radical (unpaired) electrons. The van der Waals surface area contributed by atoms with Crippen molar-refractivity contribution in [2.24, 2.45) is 0 Å². The molecule has 0 aliphatic carbocycles. The van der Waals surface area contributed by atoms with Crippen molar-refractivity contribution >= 4 is 23.7 Å². The Balaban J connectivity index is 1.69. The molecule has 0 saturated carbocycles. The number of ether oxygens (including phenoxy) is 4. The fraction of sp³-hybridized carbons (Fsp3) is 0.714. The summed E-state index contributed by atoms with van der Waals surface area (Å²) >= 11 is 0. The van der Waals surface area contributed by atoms with Crippen LogP contribution in [0.2, 0.25) is 0 Å². The summed E-state index contributed by atoms with van der Waals surface area (Å²) in [4.78, 5) is 46.7. The maximum atomic E-state index is 11.9. The summed E-state index contributed by atoms with van der Waals surface area (Å²) in [6, 6.07) is -0.843. The van der Waals surface area contributed by atoms with Crippen molar-refractivity contribution in [1.82, 2.24) is 16.0 Å². The van der Waals surface area contributed by atoms with Gasteiger partial charge in [-0.15, -0.1) is 0 Å². The third kappa shape index (κ3) is 7.77. The first-order valence-corrected chi connectivity index (χ1v) is 10.7. The van der Waals surface area contributed by atoms with E-state index in [0.29, 0.717) is 0 Å². The minimum atomic E-state index is -0.917. The van der Waals surface area contributed by atoms with Crippen LogP contribution in [0.4, 0.5) is 0 Å². The molecule has 0 unspecified atom stereocenters. The quantitative estimate of drug-likeness (QED) is 0.232. The maximum Gasteiger partial charge on any atom is 0.328 e. The molecule has 186 valence electrons. The summed E-state index contributed by atoms with van der Waals surface area (Å²) in [6.45, 7) is 6.14. The number of fused-ring (bicyclic) bond motifs is 1. The number of methoxy groups -OCH3 is 1. The van der Waals surface area contributed by atoms with E-state index >= 15 is 0 Å². The van der Waals surface area contributed by atoms with E-state index in [2.05, 4.69) is 20.7 Å². The molecule has 2 heterocycles. The average Bonchev–Trinajstić information content (AvgIpc) is 3.09. The molecular formula is C21H33N3O9. The number of carbonyl (C=O) groups excluding carboxylic acids is 4. The Morgan fingerprint density at radius 3 is 2.39 bits per heavy atom. The van der Waals surface area contributed by atoms with Crippen LogP contribution in [-0.4, -0.2) is 91.3 Å². The summed E-state index contributed by atoms with van der Waals surface area (Å²) in [5.74, 6) is -3.09. The highest BCUT2D eigenvalue weighted by Gasteiger charge is 2.53. The van der Waals surface area contributed by atoms with E-state index in [1.807, 2.05) is 6.92 Å². The zero-order valence-corrected chi connectivity index (χ0v) is 19.5. The summed E-state index contributed by atoms with van der Waals surface area (Å²) in [7, 11) is 1.20. The predicted molar refractivity (Wildman–Crippen MR) is 114 cm³/mol. The van der Waals surface area contributed by atoms with E-state index in [4.69, 9.17) is 14.2 Å². The summed E-state index contributed by atoms with van der Waals surface area (Å²) in [5.41, 5.74) is 0. The van der Waals surface area contributed by atoms with Crippen LogP contribution >= 0.6 is 0 Å². The molecule has 0 spiro atoms. The molecule has 6 atom stereocenters. The number of carbonyl (C=O) groups is 4. The zero-order chi connectivity index (χ0) is 24.8. The highest BCUT2D eigenvalue weighted by atomic mass is 16.8. The molecule has 4 N–H and O–H groups in total. The van der Waals surface area contributed by atoms with Gasteiger partial charge in [-0.05, 0) is 40.2 Å². The van der Waals surface area contributed by atoms with Crippen molar-refractivity contribution < 1.29 is 43.2 Å². The molecule has 0 aromatic carbocycles. The Kier molecular flexibility index (Phi) is 9.35. The van der Waals surface area contributed by atoms with Gasteiger partial charge in [-0.25, -0.2) is 4.79 Å². The van der Waals surface area contributed by atoms with Crippen LogP contribution in [0, 0.1) is 0 Å². The molecule has 0 aromatic heterocycles. The summed E-state index contributed by atoms with van der Waals surface area (Å²) in [6.07, 6.45) is 0.365. The second kappa shape index (κ2) is 11.5. The first-order valence-electron chi connectivity index (χ1n) is 10.7. The second-order valence-electron chi connectivity index (χ2n) is 8.38. The van der Waals surface area contributed by atoms with E-state index in [1.54, 1.807) is 13.8 Å². The lowest BCUT2D eigenvalue weighted by molar-refractivity contribution is -0.179. The van der Waals surface area contributed by atoms with Gasteiger partial charge in [-0.2, -0.15) is 0 Å². The Labute approximate surface area is 192 Å². The fourth-order valence-corrected chi connectivity index (χ4v) is 3.59. The Bertz CT molecular complexity index is 770. The molecule has 2 rings (SSSR count). The molecular weight excluding hydrogens is 438 g/mol. The Morgan fingerprint density at radius 2 is 1.73 bits per heavy atom. The van der Waals surface area contributed by atoms with Gasteiger partial charge in [0.25, 0.3) is 0 Å². The van der Waals surface area contributed by atoms with Gasteiger partial charge in [-0.3, -0.25) is 14.4 Å². The van der Waals surface area contributed by atoms with Crippen molar-refractivity contribution in [3.63, 3.8) is 0 Å². The van der Waals surface area contributed by atoms with Gasteiger partial charge in [0.05, 0.1) is 32.4 Å². The highest BCUT2D eigenvalue weighted by Crippen LogP contribution is 2.37. The number of aliphatic hydroxyl groups excluding tert-OH is 1. The van der Waals surface area contributed by atoms with Gasteiger partial charge in [0, 0.05) is 0 Å². The number of esters is 1. The van der Waals surface area contributed by atoms with E-state index in [1.165, 1.54) is 26.2 Å². The van der Waals surface area contributed by atoms with Crippen LogP contribution in [0.1, 0.15) is 34.1 Å². The minimum absolute atomic E-state index is 0.261. The molecule has 2 aliphatic heterocycles. The molecule has 2 fully saturated rings. The number of nitrogens with one attached hydrogen (secondary N) is 3. The van der Waals surface area contributed by atoms with Crippen molar-refractivity contribution in [2.45, 2.75) is 76.5 Å². The molecule has 0 bridgehead atoms. The monoisotopic (exact) mass is 471 g/mol. The lowest BCUT2D eigenvalue weighted by Gasteiger charge is -2.38. The van der Waals surface area contributed by atoms with Crippen molar-refractivity contribution in [1.29, 1.82) is 0 Å². The Morgan fingerprint density at radius 1 is 1.09 bits per heavy atom. The van der Waals surface area contributed by atoms with Crippen LogP contribution in [0.25, 0.3) is 0 Å². The van der Waals surface area contributed by atoms with Gasteiger partial charge in [-0.1, -0.05) is 6.08 Å². The molecule has 0 aromatic rings. The third-order valence-corrected chi connectivity index (χ3v) is 5.17. The normalized spacial score (nSPS) is 29.1. The van der Waals surface area contributed by atoms with E-state index in [-0.39, 0.29) is 31.7 Å². The largest absolute Gasteiger partial charge is 0.467 e. The number of hydrogen-bond donors (Lipinski definition) is 4. The topological polar surface area (TPSA) is 162 Å². The van der Waals surface area contributed by atoms with Gasteiger partial charge in [0.15, 0.2) is 5.79 Å². The van der Waals surface area contributed by atoms with Gasteiger partial charge < -0.3 is 40.0 Å². The molecule has 12 heteroatoms. The maximum absolute atomic E-state index is 11.9. The molecule has 12 nitrogen and oxygen atoms in total. The smallest absolute Gasteiger partial charge is 0.328 e. The van der Waals surface area contributed by atoms with Crippen molar-refractivity contribution in [3.05, 3.63) is 12.2 Å². The number of rotatable bonds is 9. The minimum Gasteiger partial charge on any atom is -0.467 e. The number of aliphatic hydroxyl groups is 1. The fourth-order valence-electron chi connectivity index (χ4n) is 3.59. The van der Waals surface area contributed by atoms with Crippen molar-refractivity contribution in [3.8, 4) is 0 Å². The van der Waals surface area contributed by atoms with E-state index in [9.17, 15) is 24.3 Å². The van der Waals surface area contributed by atoms with Gasteiger partial charge >= 0.3 is 5.97 Å². The number of hydrogen-bond acceptors (Lipinski definition) is 9. The standard InChI is InChI=1S/C21H33N3O9/c1-11(20(29)30-5)24-16(27)10-23-15(26)9-22-14(25)8-6-7-13-17(28)19-18(12(2)31-13)32-21(3,4)33-19/h6,8,11-13,17-19,28H,7,9-10H2,1-5H3,(H,22,25)(H,23,26)(H,24,27)/b8-6+/t11-,12-,13-,17+,18+,19-/m0/s1. The van der Waals surface area contributed by atoms with Crippen LogP contribution < -0.4 is 16.0 Å². The SMILES string of the molecule is COC(=O)[C@H](C)NC(=O)CNC(=O)CNC(=O)/C=C/C[C@@H]1O[C@@H](C)[C@H]2OC(C)(C)O[C@H]2[C@@H]1O. The Hall–Kier alpha value is -2.54. The summed E-state index contributed by atoms with van der Waals surface area (Å²) in [5, 5.41) is 17.6. The number of amides is 3. The summed E-state index contributed by atoms with van der Waals surface area (Å²) < 4.78 is 21.9.